The third-order valence-electron chi connectivity index (χ3n) is 6.01. The van der Waals surface area contributed by atoms with E-state index >= 15 is 0 Å². The molecule has 0 aromatic heterocycles. The number of hydrogen-bond donors (Lipinski definition) is 1. The zero-order valence-electron chi connectivity index (χ0n) is 17.7. The van der Waals surface area contributed by atoms with Gasteiger partial charge in [-0.3, -0.25) is 0 Å². The minimum atomic E-state index is -1.10. The van der Waals surface area contributed by atoms with Crippen LogP contribution in [0, 0.1) is 11.3 Å². The number of nitrogens with one attached hydrogen (secondary N) is 1. The number of methoxy groups -OCH3 is 1. The minimum absolute atomic E-state index is 0.121. The van der Waals surface area contributed by atoms with Crippen LogP contribution >= 0.6 is 0 Å². The molecule has 0 amide bonds. The Morgan fingerprint density at radius 2 is 1.96 bits per heavy atom. The second-order valence-corrected chi connectivity index (χ2v) is 11.5. The van der Waals surface area contributed by atoms with Crippen LogP contribution in [-0.4, -0.2) is 40.9 Å². The molecule has 4 nitrogen and oxygen atoms in total. The summed E-state index contributed by atoms with van der Waals surface area (Å²) in [6, 6.07) is 6.44. The fourth-order valence-corrected chi connectivity index (χ4v) is 5.50. The smallest absolute Gasteiger partial charge is 0.136 e. The van der Waals surface area contributed by atoms with Crippen molar-refractivity contribution in [3.63, 3.8) is 0 Å². The summed E-state index contributed by atoms with van der Waals surface area (Å²) in [6.07, 6.45) is 3.25. The van der Waals surface area contributed by atoms with Gasteiger partial charge in [0, 0.05) is 23.3 Å². The van der Waals surface area contributed by atoms with Gasteiger partial charge in [0.2, 0.25) is 0 Å². The average Bonchev–Trinajstić information content (AvgIpc) is 2.89. The topological polar surface area (TPSA) is 47.6 Å². The molecule has 27 heavy (non-hydrogen) atoms. The number of hydrogen-bond acceptors (Lipinski definition) is 4. The standard InChI is InChI=1S/C22H35N2O2S/c1-16(2)15-24-12-10-22(11-13-24)14-18-17(8-7-9-19(18)26-6)20(22)23-27(25)21(3,4)5/h7-9,20,23H,10-15H2,1-6H3/t20-,27-/m1/s1. The highest BCUT2D eigenvalue weighted by Crippen LogP contribution is 2.54. The summed E-state index contributed by atoms with van der Waals surface area (Å²) in [6.45, 7) is 13.8. The van der Waals surface area contributed by atoms with Gasteiger partial charge in [0.05, 0.1) is 13.2 Å². The maximum absolute atomic E-state index is 13.0. The van der Waals surface area contributed by atoms with Crippen LogP contribution < -0.4 is 9.46 Å². The second-order valence-electron chi connectivity index (χ2n) is 9.48. The first-order valence-electron chi connectivity index (χ1n) is 10.0. The number of fused-ring (bicyclic) bond motifs is 1. The fraction of sp³-hybridized carbons (Fsp3) is 0.682. The molecule has 5 heteroatoms. The number of benzene rings is 1. The van der Waals surface area contributed by atoms with Crippen molar-refractivity contribution < 1.29 is 9.29 Å². The van der Waals surface area contributed by atoms with Crippen molar-refractivity contribution >= 4 is 11.4 Å². The van der Waals surface area contributed by atoms with E-state index in [-0.39, 0.29) is 16.2 Å². The first-order chi connectivity index (χ1) is 12.7. The van der Waals surface area contributed by atoms with E-state index in [1.54, 1.807) is 7.11 Å². The molecule has 0 saturated carbocycles. The highest BCUT2D eigenvalue weighted by atomic mass is 32.2. The van der Waals surface area contributed by atoms with E-state index in [4.69, 9.17) is 4.74 Å². The lowest BCUT2D eigenvalue weighted by Gasteiger charge is -2.44. The van der Waals surface area contributed by atoms with E-state index in [0.29, 0.717) is 0 Å². The van der Waals surface area contributed by atoms with Crippen molar-refractivity contribution in [2.24, 2.45) is 5.41 Å². The molecule has 151 valence electrons. The monoisotopic (exact) mass is 391 g/mol. The first kappa shape index (κ1) is 21.0. The predicted octanol–water partition coefficient (Wildman–Crippen LogP) is 4.04. The van der Waals surface area contributed by atoms with Crippen LogP contribution in [0.15, 0.2) is 18.2 Å². The number of nitrogens with zero attached hydrogens (tertiary/aromatic N) is 1. The molecule has 0 unspecified atom stereocenters. The Hall–Kier alpha value is -0.750. The Morgan fingerprint density at radius 3 is 2.52 bits per heavy atom. The summed E-state index contributed by atoms with van der Waals surface area (Å²) in [5.74, 6) is 2.43. The third-order valence-corrected chi connectivity index (χ3v) is 7.58. The maximum Gasteiger partial charge on any atom is 0.136 e. The molecule has 1 aromatic carbocycles. The van der Waals surface area contributed by atoms with Crippen molar-refractivity contribution in [2.75, 3.05) is 26.7 Å². The Bertz CT molecular complexity index is 648. The van der Waals surface area contributed by atoms with Crippen LogP contribution in [0.3, 0.4) is 0 Å². The molecule has 1 heterocycles. The number of piperidine rings is 1. The highest BCUT2D eigenvalue weighted by Gasteiger charge is 2.51. The van der Waals surface area contributed by atoms with Gasteiger partial charge in [0.15, 0.2) is 0 Å². The summed E-state index contributed by atoms with van der Waals surface area (Å²) < 4.78 is 21.9. The Balaban J connectivity index is 1.88. The highest BCUT2D eigenvalue weighted by molar-refractivity contribution is 7.90. The van der Waals surface area contributed by atoms with Crippen LogP contribution in [0.25, 0.3) is 0 Å². The lowest BCUT2D eigenvalue weighted by atomic mass is 9.73. The molecule has 1 N–H and O–H groups in total. The van der Waals surface area contributed by atoms with E-state index in [0.717, 1.165) is 44.6 Å². The molecule has 1 aromatic rings. The number of rotatable bonds is 5. The zero-order chi connectivity index (χ0) is 19.8. The first-order valence-corrected chi connectivity index (χ1v) is 11.2. The summed E-state index contributed by atoms with van der Waals surface area (Å²) in [7, 11) is 1.75. The van der Waals surface area contributed by atoms with Crippen molar-refractivity contribution in [3.05, 3.63) is 35.2 Å². The third kappa shape index (κ3) is 4.31. The van der Waals surface area contributed by atoms with E-state index in [1.807, 2.05) is 20.8 Å². The van der Waals surface area contributed by atoms with Crippen molar-refractivity contribution in [1.82, 2.24) is 9.62 Å². The predicted molar refractivity (Wildman–Crippen MR) is 113 cm³/mol. The van der Waals surface area contributed by atoms with Crippen LogP contribution in [-0.2, 0) is 17.8 Å². The number of ether oxygens (including phenoxy) is 1. The van der Waals surface area contributed by atoms with E-state index < -0.39 is 11.4 Å². The van der Waals surface area contributed by atoms with Gasteiger partial charge in [-0.05, 0) is 76.2 Å². The molecule has 3 rings (SSSR count). The SMILES string of the molecule is COc1cccc2c1CC1(CCN(C[C](C)C)CC1)[C@@H]2N[S@+]([O-])C(C)(C)C. The summed E-state index contributed by atoms with van der Waals surface area (Å²) >= 11 is -1.10. The van der Waals surface area contributed by atoms with Gasteiger partial charge in [0.1, 0.15) is 10.5 Å². The van der Waals surface area contributed by atoms with E-state index in [9.17, 15) is 4.55 Å². The normalized spacial score (nSPS) is 23.6. The van der Waals surface area contributed by atoms with Gasteiger partial charge < -0.3 is 14.2 Å². The van der Waals surface area contributed by atoms with Crippen LogP contribution in [0.4, 0.5) is 0 Å². The molecular formula is C22H35N2O2S. The maximum atomic E-state index is 13.0. The average molecular weight is 392 g/mol. The van der Waals surface area contributed by atoms with Gasteiger partial charge in [0.25, 0.3) is 0 Å². The number of likely N-dealkylation sites (tertiary alicyclic amines) is 1. The van der Waals surface area contributed by atoms with Gasteiger partial charge in [-0.25, -0.2) is 0 Å². The molecule has 1 saturated heterocycles. The fourth-order valence-electron chi connectivity index (χ4n) is 4.56. The zero-order valence-corrected chi connectivity index (χ0v) is 18.5. The molecule has 0 bridgehead atoms. The van der Waals surface area contributed by atoms with Gasteiger partial charge >= 0.3 is 0 Å². The van der Waals surface area contributed by atoms with Crippen molar-refractivity contribution in [2.45, 2.75) is 64.7 Å². The van der Waals surface area contributed by atoms with Gasteiger partial charge in [-0.2, -0.15) is 0 Å². The van der Waals surface area contributed by atoms with Gasteiger partial charge in [-0.15, -0.1) is 4.72 Å². The largest absolute Gasteiger partial charge is 0.598 e. The van der Waals surface area contributed by atoms with Crippen LogP contribution in [0.5, 0.6) is 5.75 Å². The molecule has 1 spiro atoms. The van der Waals surface area contributed by atoms with Crippen molar-refractivity contribution in [1.29, 1.82) is 0 Å². The van der Waals surface area contributed by atoms with Gasteiger partial charge in [-0.1, -0.05) is 26.0 Å². The minimum Gasteiger partial charge on any atom is -0.598 e. The van der Waals surface area contributed by atoms with E-state index in [2.05, 4.69) is 41.7 Å². The Kier molecular flexibility index (Phi) is 6.17. The second kappa shape index (κ2) is 7.94. The van der Waals surface area contributed by atoms with Crippen molar-refractivity contribution in [3.8, 4) is 5.75 Å². The molecule has 2 aliphatic rings. The Morgan fingerprint density at radius 1 is 1.30 bits per heavy atom. The summed E-state index contributed by atoms with van der Waals surface area (Å²) in [4.78, 5) is 2.55. The van der Waals surface area contributed by atoms with E-state index in [1.165, 1.54) is 17.0 Å². The molecular weight excluding hydrogens is 356 g/mol. The summed E-state index contributed by atoms with van der Waals surface area (Å²) in [5.41, 5.74) is 2.70. The quantitative estimate of drug-likeness (QED) is 0.770. The summed E-state index contributed by atoms with van der Waals surface area (Å²) in [5, 5.41) is 0. The lowest BCUT2D eigenvalue weighted by molar-refractivity contribution is 0.0866. The molecule has 1 aliphatic carbocycles. The molecule has 2 atom stereocenters. The molecule has 1 radical (unpaired) electrons. The lowest BCUT2D eigenvalue weighted by Crippen LogP contribution is -2.50. The molecule has 1 aliphatic heterocycles. The van der Waals surface area contributed by atoms with Crippen LogP contribution in [0.2, 0.25) is 0 Å². The Labute approximate surface area is 168 Å². The van der Waals surface area contributed by atoms with Crippen LogP contribution in [0.1, 0.15) is 64.6 Å². The molecule has 1 fully saturated rings.